The number of halogens is 1. The number of hydrogen-bond acceptors (Lipinski definition) is 2. The van der Waals surface area contributed by atoms with Crippen LogP contribution in [0.4, 0.5) is 4.39 Å². The molecule has 1 nitrogen and oxygen atoms in total. The summed E-state index contributed by atoms with van der Waals surface area (Å²) in [5, 5.41) is 0. The van der Waals surface area contributed by atoms with E-state index < -0.39 is 0 Å². The fraction of sp³-hybridized carbons (Fsp3) is 0.286. The summed E-state index contributed by atoms with van der Waals surface area (Å²) in [6.07, 6.45) is 0. The van der Waals surface area contributed by atoms with Gasteiger partial charge in [-0.3, -0.25) is 0 Å². The average Bonchev–Trinajstić information content (AvgIpc) is 2.57. The van der Waals surface area contributed by atoms with E-state index in [2.05, 4.69) is 0 Å². The second-order valence-corrected chi connectivity index (χ2v) is 5.83. The van der Waals surface area contributed by atoms with Crippen molar-refractivity contribution in [1.29, 1.82) is 0 Å². The smallest absolute Gasteiger partial charge is 0.128 e. The van der Waals surface area contributed by atoms with Crippen LogP contribution in [0.15, 0.2) is 24.3 Å². The summed E-state index contributed by atoms with van der Waals surface area (Å²) >= 11 is 1.70. The fourth-order valence-electron chi connectivity index (χ4n) is 2.01. The van der Waals surface area contributed by atoms with Crippen molar-refractivity contribution >= 4 is 11.3 Å². The van der Waals surface area contributed by atoms with Crippen molar-refractivity contribution in [1.82, 2.24) is 0 Å². The van der Waals surface area contributed by atoms with E-state index in [1.54, 1.807) is 17.4 Å². The van der Waals surface area contributed by atoms with Gasteiger partial charge in [0.1, 0.15) is 5.82 Å². The highest BCUT2D eigenvalue weighted by molar-refractivity contribution is 7.12. The van der Waals surface area contributed by atoms with Crippen LogP contribution in [0.3, 0.4) is 0 Å². The molecule has 90 valence electrons. The van der Waals surface area contributed by atoms with E-state index in [4.69, 9.17) is 5.73 Å². The van der Waals surface area contributed by atoms with Crippen molar-refractivity contribution in [2.24, 2.45) is 5.73 Å². The van der Waals surface area contributed by atoms with E-state index in [9.17, 15) is 4.39 Å². The lowest BCUT2D eigenvalue weighted by Gasteiger charge is -2.13. The maximum absolute atomic E-state index is 13.8. The summed E-state index contributed by atoms with van der Waals surface area (Å²) in [6, 6.07) is 6.88. The highest BCUT2D eigenvalue weighted by Crippen LogP contribution is 2.30. The minimum Gasteiger partial charge on any atom is -0.320 e. The molecule has 0 fully saturated rings. The van der Waals surface area contributed by atoms with Gasteiger partial charge in [-0.1, -0.05) is 12.1 Å². The van der Waals surface area contributed by atoms with Crippen LogP contribution in [0.1, 0.15) is 32.5 Å². The van der Waals surface area contributed by atoms with Gasteiger partial charge >= 0.3 is 0 Å². The highest BCUT2D eigenvalue weighted by atomic mass is 32.1. The van der Waals surface area contributed by atoms with Gasteiger partial charge in [-0.05, 0) is 44.0 Å². The zero-order chi connectivity index (χ0) is 12.6. The molecule has 1 aromatic carbocycles. The van der Waals surface area contributed by atoms with Gasteiger partial charge in [-0.25, -0.2) is 4.39 Å². The molecule has 0 spiro atoms. The number of aryl methyl sites for hydroxylation is 3. The molecular weight excluding hydrogens is 233 g/mol. The van der Waals surface area contributed by atoms with Crippen LogP contribution in [0.5, 0.6) is 0 Å². The molecule has 0 radical (unpaired) electrons. The molecule has 0 amide bonds. The molecule has 0 aliphatic rings. The van der Waals surface area contributed by atoms with Gasteiger partial charge in [0.2, 0.25) is 0 Å². The van der Waals surface area contributed by atoms with Gasteiger partial charge in [0, 0.05) is 15.3 Å². The SMILES string of the molecule is Cc1ccc(C(N)c2cc(C)sc2C)c(F)c1. The number of benzene rings is 1. The minimum atomic E-state index is -0.374. The molecule has 1 atom stereocenters. The topological polar surface area (TPSA) is 26.0 Å². The zero-order valence-electron chi connectivity index (χ0n) is 10.3. The average molecular weight is 249 g/mol. The van der Waals surface area contributed by atoms with Crippen molar-refractivity contribution in [2.45, 2.75) is 26.8 Å². The third-order valence-electron chi connectivity index (χ3n) is 2.91. The maximum atomic E-state index is 13.8. The van der Waals surface area contributed by atoms with Crippen LogP contribution >= 0.6 is 11.3 Å². The van der Waals surface area contributed by atoms with Crippen molar-refractivity contribution in [3.8, 4) is 0 Å². The predicted molar refractivity (Wildman–Crippen MR) is 71.0 cm³/mol. The Labute approximate surface area is 105 Å². The molecule has 1 aromatic heterocycles. The Balaban J connectivity index is 2.43. The summed E-state index contributed by atoms with van der Waals surface area (Å²) in [5.74, 6) is -0.222. The largest absolute Gasteiger partial charge is 0.320 e. The Hall–Kier alpha value is -1.19. The molecule has 0 bridgehead atoms. The molecule has 1 unspecified atom stereocenters. The van der Waals surface area contributed by atoms with Crippen molar-refractivity contribution in [2.75, 3.05) is 0 Å². The molecule has 2 rings (SSSR count). The van der Waals surface area contributed by atoms with Crippen LogP contribution in [0.25, 0.3) is 0 Å². The monoisotopic (exact) mass is 249 g/mol. The lowest BCUT2D eigenvalue weighted by molar-refractivity contribution is 0.598. The Kier molecular flexibility index (Phi) is 3.31. The minimum absolute atomic E-state index is 0.222. The van der Waals surface area contributed by atoms with Gasteiger partial charge < -0.3 is 5.73 Å². The first kappa shape index (κ1) is 12.3. The quantitative estimate of drug-likeness (QED) is 0.859. The summed E-state index contributed by atoms with van der Waals surface area (Å²) in [7, 11) is 0. The Morgan fingerprint density at radius 3 is 2.35 bits per heavy atom. The lowest BCUT2D eigenvalue weighted by Crippen LogP contribution is -2.13. The molecule has 0 aliphatic carbocycles. The Bertz CT molecular complexity index is 545. The normalized spacial score (nSPS) is 12.8. The second kappa shape index (κ2) is 4.59. The standard InChI is InChI=1S/C14H16FNS/c1-8-4-5-11(13(15)6-8)14(16)12-7-9(2)17-10(12)3/h4-7,14H,16H2,1-3H3. The first-order chi connectivity index (χ1) is 7.99. The molecule has 2 aromatic rings. The molecule has 0 aliphatic heterocycles. The van der Waals surface area contributed by atoms with E-state index >= 15 is 0 Å². The molecule has 2 N–H and O–H groups in total. The van der Waals surface area contributed by atoms with E-state index in [1.165, 1.54) is 10.9 Å². The Morgan fingerprint density at radius 1 is 1.12 bits per heavy atom. The van der Waals surface area contributed by atoms with E-state index in [-0.39, 0.29) is 11.9 Å². The van der Waals surface area contributed by atoms with E-state index in [0.717, 1.165) is 16.0 Å². The van der Waals surface area contributed by atoms with Crippen LogP contribution < -0.4 is 5.73 Å². The predicted octanol–water partition coefficient (Wildman–Crippen LogP) is 3.86. The van der Waals surface area contributed by atoms with Crippen molar-refractivity contribution < 1.29 is 4.39 Å². The van der Waals surface area contributed by atoms with Gasteiger partial charge in [0.15, 0.2) is 0 Å². The lowest BCUT2D eigenvalue weighted by atomic mass is 9.98. The first-order valence-electron chi connectivity index (χ1n) is 5.57. The Morgan fingerprint density at radius 2 is 1.82 bits per heavy atom. The van der Waals surface area contributed by atoms with Crippen LogP contribution in [0.2, 0.25) is 0 Å². The van der Waals surface area contributed by atoms with Gasteiger partial charge in [-0.15, -0.1) is 11.3 Å². The molecular formula is C14H16FNS. The van der Waals surface area contributed by atoms with Crippen LogP contribution in [0, 0.1) is 26.6 Å². The van der Waals surface area contributed by atoms with Gasteiger partial charge in [0.05, 0.1) is 6.04 Å². The molecule has 1 heterocycles. The van der Waals surface area contributed by atoms with Gasteiger partial charge in [-0.2, -0.15) is 0 Å². The first-order valence-corrected chi connectivity index (χ1v) is 6.39. The highest BCUT2D eigenvalue weighted by Gasteiger charge is 2.17. The molecule has 0 saturated heterocycles. The number of nitrogens with two attached hydrogens (primary N) is 1. The van der Waals surface area contributed by atoms with Crippen molar-refractivity contribution in [3.63, 3.8) is 0 Å². The molecule has 17 heavy (non-hydrogen) atoms. The second-order valence-electron chi connectivity index (χ2n) is 4.37. The third kappa shape index (κ3) is 2.40. The van der Waals surface area contributed by atoms with Crippen molar-refractivity contribution in [3.05, 3.63) is 56.5 Å². The third-order valence-corrected chi connectivity index (χ3v) is 3.89. The summed E-state index contributed by atoms with van der Waals surface area (Å²) in [6.45, 7) is 5.94. The van der Waals surface area contributed by atoms with Crippen LogP contribution in [-0.2, 0) is 0 Å². The fourth-order valence-corrected chi connectivity index (χ4v) is 2.98. The molecule has 0 saturated carbocycles. The zero-order valence-corrected chi connectivity index (χ0v) is 11.1. The summed E-state index contributed by atoms with van der Waals surface area (Å²) in [5.41, 5.74) is 8.65. The van der Waals surface area contributed by atoms with E-state index in [0.29, 0.717) is 5.56 Å². The summed E-state index contributed by atoms with van der Waals surface area (Å²) < 4.78 is 13.8. The van der Waals surface area contributed by atoms with Crippen LogP contribution in [-0.4, -0.2) is 0 Å². The number of thiophene rings is 1. The number of rotatable bonds is 2. The van der Waals surface area contributed by atoms with E-state index in [1.807, 2.05) is 32.9 Å². The number of hydrogen-bond donors (Lipinski definition) is 1. The van der Waals surface area contributed by atoms with Gasteiger partial charge in [0.25, 0.3) is 0 Å². The summed E-state index contributed by atoms with van der Waals surface area (Å²) in [4.78, 5) is 2.37. The maximum Gasteiger partial charge on any atom is 0.128 e. The molecule has 3 heteroatoms.